The standard InChI is InChI=1S/C16H26N2O15P2/c1-6-4-18(16(24)17-14(6)23)10-3-8(19)9(31-10)5-29-34(25,26)33-35(27,28)32-15-13(22)12(21)11(20)7(2)30-15/h4,7-13,15,19-22H,3,5H2,1-2H3,(H,25,26)(H,27,28)(H,17,23,24)/p-2/t7-,8+,9-,10-,11+,12+,13-,15-/m1/s1. The number of aromatic amines is 1. The Morgan fingerprint density at radius 2 is 1.77 bits per heavy atom. The SMILES string of the molecule is Cc1cn([C@H]2C[C@H](O)[C@@H](COP(=O)([O-])OP(=O)([O-])O[C@H]3O[C@H](C)[C@H](O)[C@H](O)[C@H]3O)O2)c(=O)[nH]c1=O. The highest BCUT2D eigenvalue weighted by Crippen LogP contribution is 2.57. The monoisotopic (exact) mass is 546 g/mol. The molecule has 200 valence electrons. The molecule has 0 amide bonds. The summed E-state index contributed by atoms with van der Waals surface area (Å²) in [7, 11) is -11.4. The van der Waals surface area contributed by atoms with Crippen LogP contribution in [0.5, 0.6) is 0 Å². The van der Waals surface area contributed by atoms with Gasteiger partial charge in [-0.05, 0) is 13.8 Å². The zero-order valence-electron chi connectivity index (χ0n) is 18.2. The molecule has 3 rings (SSSR count). The Bertz CT molecular complexity index is 1120. The van der Waals surface area contributed by atoms with Gasteiger partial charge in [0.1, 0.15) is 30.6 Å². The number of hydrogen-bond donors (Lipinski definition) is 5. The molecule has 2 aliphatic heterocycles. The van der Waals surface area contributed by atoms with Crippen LogP contribution in [0.1, 0.15) is 25.1 Å². The molecular weight excluding hydrogens is 522 g/mol. The summed E-state index contributed by atoms with van der Waals surface area (Å²) in [6.07, 6.45) is -11.5. The van der Waals surface area contributed by atoms with Crippen LogP contribution >= 0.6 is 15.6 Å². The number of aliphatic hydroxyl groups excluding tert-OH is 4. The Morgan fingerprint density at radius 1 is 1.11 bits per heavy atom. The second-order valence-electron chi connectivity index (χ2n) is 7.97. The summed E-state index contributed by atoms with van der Waals surface area (Å²) in [6, 6.07) is 0. The fourth-order valence-electron chi connectivity index (χ4n) is 3.39. The average molecular weight is 546 g/mol. The van der Waals surface area contributed by atoms with E-state index in [0.717, 1.165) is 4.57 Å². The minimum absolute atomic E-state index is 0.175. The normalized spacial score (nSPS) is 37.0. The molecule has 35 heavy (non-hydrogen) atoms. The second kappa shape index (κ2) is 10.6. The van der Waals surface area contributed by atoms with Gasteiger partial charge in [-0.25, -0.2) is 9.11 Å². The molecule has 0 aromatic carbocycles. The number of aromatic nitrogens is 2. The number of nitrogens with one attached hydrogen (secondary N) is 1. The van der Waals surface area contributed by atoms with Crippen molar-refractivity contribution in [2.24, 2.45) is 0 Å². The molecule has 0 radical (unpaired) electrons. The van der Waals surface area contributed by atoms with E-state index in [9.17, 15) is 48.9 Å². The minimum Gasteiger partial charge on any atom is -0.756 e. The topological polar surface area (TPSA) is 262 Å². The van der Waals surface area contributed by atoms with Crippen LogP contribution in [0.25, 0.3) is 0 Å². The Morgan fingerprint density at radius 3 is 2.43 bits per heavy atom. The maximum atomic E-state index is 12.0. The van der Waals surface area contributed by atoms with Crippen LogP contribution in [0.15, 0.2) is 15.8 Å². The number of phosphoric ester groups is 2. The van der Waals surface area contributed by atoms with Crippen LogP contribution in [0, 0.1) is 6.92 Å². The van der Waals surface area contributed by atoms with Gasteiger partial charge in [-0.3, -0.25) is 28.0 Å². The van der Waals surface area contributed by atoms with Crippen molar-refractivity contribution in [3.8, 4) is 0 Å². The van der Waals surface area contributed by atoms with Crippen molar-refractivity contribution in [3.05, 3.63) is 32.6 Å². The maximum absolute atomic E-state index is 12.0. The first-order chi connectivity index (χ1) is 16.1. The molecule has 0 aliphatic carbocycles. The van der Waals surface area contributed by atoms with Crippen LogP contribution in [-0.2, 0) is 32.0 Å². The molecule has 0 spiro atoms. The van der Waals surface area contributed by atoms with E-state index in [-0.39, 0.29) is 12.0 Å². The van der Waals surface area contributed by atoms with Gasteiger partial charge in [0, 0.05) is 18.2 Å². The Labute approximate surface area is 196 Å². The Balaban J connectivity index is 1.59. The van der Waals surface area contributed by atoms with Crippen molar-refractivity contribution in [3.63, 3.8) is 0 Å². The molecule has 2 unspecified atom stereocenters. The van der Waals surface area contributed by atoms with Gasteiger partial charge in [-0.15, -0.1) is 0 Å². The lowest BCUT2D eigenvalue weighted by molar-refractivity contribution is -0.299. The number of rotatable bonds is 8. The van der Waals surface area contributed by atoms with Crippen LogP contribution in [0.3, 0.4) is 0 Å². The van der Waals surface area contributed by atoms with Gasteiger partial charge < -0.3 is 44.2 Å². The highest BCUT2D eigenvalue weighted by Gasteiger charge is 2.44. The van der Waals surface area contributed by atoms with E-state index in [0.29, 0.717) is 0 Å². The lowest BCUT2D eigenvalue weighted by atomic mass is 10.0. The van der Waals surface area contributed by atoms with E-state index in [4.69, 9.17) is 9.47 Å². The van der Waals surface area contributed by atoms with Gasteiger partial charge in [0.2, 0.25) is 0 Å². The maximum Gasteiger partial charge on any atom is 0.330 e. The smallest absolute Gasteiger partial charge is 0.330 e. The van der Waals surface area contributed by atoms with Crippen LogP contribution in [0.2, 0.25) is 0 Å². The fourth-order valence-corrected chi connectivity index (χ4v) is 5.47. The van der Waals surface area contributed by atoms with E-state index in [1.54, 1.807) is 0 Å². The van der Waals surface area contributed by atoms with E-state index >= 15 is 0 Å². The van der Waals surface area contributed by atoms with Gasteiger partial charge in [-0.1, -0.05) is 0 Å². The number of H-pyrrole nitrogens is 1. The summed E-state index contributed by atoms with van der Waals surface area (Å²) in [5.74, 6) is 0. The van der Waals surface area contributed by atoms with Gasteiger partial charge >= 0.3 is 5.69 Å². The summed E-state index contributed by atoms with van der Waals surface area (Å²) in [6.45, 7) is 1.74. The molecule has 1 aromatic heterocycles. The zero-order valence-corrected chi connectivity index (χ0v) is 20.0. The first-order valence-electron chi connectivity index (χ1n) is 10.1. The largest absolute Gasteiger partial charge is 0.756 e. The van der Waals surface area contributed by atoms with Crippen LogP contribution < -0.4 is 21.0 Å². The van der Waals surface area contributed by atoms with Gasteiger partial charge in [0.25, 0.3) is 21.2 Å². The number of aryl methyl sites for hydroxylation is 1. The molecule has 17 nitrogen and oxygen atoms in total. The van der Waals surface area contributed by atoms with Gasteiger partial charge in [-0.2, -0.15) is 0 Å². The lowest BCUT2D eigenvalue weighted by Gasteiger charge is -2.41. The molecule has 2 fully saturated rings. The van der Waals surface area contributed by atoms with Crippen molar-refractivity contribution in [2.45, 2.75) is 69.4 Å². The number of hydrogen-bond acceptors (Lipinski definition) is 15. The molecule has 1 aromatic rings. The average Bonchev–Trinajstić information content (AvgIpc) is 3.11. The molecule has 5 N–H and O–H groups in total. The second-order valence-corrected chi connectivity index (χ2v) is 10.9. The summed E-state index contributed by atoms with van der Waals surface area (Å²) >= 11 is 0. The van der Waals surface area contributed by atoms with E-state index in [1.165, 1.54) is 20.0 Å². The minimum atomic E-state index is -5.76. The molecule has 0 saturated carbocycles. The van der Waals surface area contributed by atoms with Crippen molar-refractivity contribution >= 4 is 15.6 Å². The van der Waals surface area contributed by atoms with Crippen molar-refractivity contribution in [1.29, 1.82) is 0 Å². The molecule has 10 atom stereocenters. The number of ether oxygens (including phenoxy) is 2. The van der Waals surface area contributed by atoms with E-state index in [1.807, 2.05) is 4.98 Å². The Hall–Kier alpha value is -1.30. The van der Waals surface area contributed by atoms with Gasteiger partial charge in [0.05, 0.1) is 18.8 Å². The molecule has 0 bridgehead atoms. The third kappa shape index (κ3) is 6.72. The van der Waals surface area contributed by atoms with Crippen LogP contribution in [-0.4, -0.2) is 79.5 Å². The number of phosphoric acid groups is 2. The van der Waals surface area contributed by atoms with Gasteiger partial charge in [0.15, 0.2) is 6.29 Å². The highest BCUT2D eigenvalue weighted by molar-refractivity contribution is 7.59. The molecule has 19 heteroatoms. The number of nitrogens with zero attached hydrogens (tertiary/aromatic N) is 1. The lowest BCUT2D eigenvalue weighted by Crippen LogP contribution is -2.57. The summed E-state index contributed by atoms with van der Waals surface area (Å²) < 4.78 is 48.0. The highest BCUT2D eigenvalue weighted by atomic mass is 31.3. The first kappa shape index (κ1) is 28.3. The van der Waals surface area contributed by atoms with Crippen molar-refractivity contribution < 1.29 is 62.2 Å². The van der Waals surface area contributed by atoms with Crippen molar-refractivity contribution in [1.82, 2.24) is 9.55 Å². The number of aliphatic hydroxyl groups is 4. The molecular formula is C16H24N2O15P2-2. The third-order valence-corrected chi connectivity index (χ3v) is 7.83. The Kier molecular flexibility index (Phi) is 8.56. The molecule has 3 heterocycles. The third-order valence-electron chi connectivity index (χ3n) is 5.30. The predicted octanol–water partition coefficient (Wildman–Crippen LogP) is -3.69. The van der Waals surface area contributed by atoms with E-state index in [2.05, 4.69) is 13.4 Å². The fraction of sp³-hybridized carbons (Fsp3) is 0.750. The predicted molar refractivity (Wildman–Crippen MR) is 106 cm³/mol. The summed E-state index contributed by atoms with van der Waals surface area (Å²) in [5.41, 5.74) is -1.28. The van der Waals surface area contributed by atoms with Crippen LogP contribution in [0.4, 0.5) is 0 Å². The summed E-state index contributed by atoms with van der Waals surface area (Å²) in [4.78, 5) is 49.5. The molecule has 2 aliphatic rings. The van der Waals surface area contributed by atoms with E-state index < -0.39 is 82.6 Å². The first-order valence-corrected chi connectivity index (χ1v) is 13.0. The summed E-state index contributed by atoms with van der Waals surface area (Å²) in [5, 5.41) is 39.2. The van der Waals surface area contributed by atoms with Crippen molar-refractivity contribution in [2.75, 3.05) is 6.61 Å². The zero-order chi connectivity index (χ0) is 26.3. The quantitative estimate of drug-likeness (QED) is 0.197. The molecule has 2 saturated heterocycles.